The van der Waals surface area contributed by atoms with Crippen LogP contribution in [0.4, 0.5) is 0 Å². The van der Waals surface area contributed by atoms with Crippen molar-refractivity contribution in [3.63, 3.8) is 0 Å². The standard InChI is InChI=1S/C11H16.C6H12O.CH4/c1-4-10-8-6-7-9(3)11(10)5-2;1-5(2)4-6(3)7;/h6-8H,4-5H2,1-3H3;5H,4H2,1-3H3;1H4. The third-order valence-electron chi connectivity index (χ3n) is 2.94. The Labute approximate surface area is 120 Å². The second kappa shape index (κ2) is 10.8. The highest BCUT2D eigenvalue weighted by atomic mass is 16.1. The lowest BCUT2D eigenvalue weighted by Crippen LogP contribution is -1.95. The second-order valence-electron chi connectivity index (χ2n) is 5.22. The number of carbonyl (C=O) groups excluding carboxylic acids is 1. The Kier molecular flexibility index (Phi) is 11.5. The van der Waals surface area contributed by atoms with Crippen molar-refractivity contribution in [3.05, 3.63) is 34.9 Å². The van der Waals surface area contributed by atoms with Gasteiger partial charge < -0.3 is 4.79 Å². The van der Waals surface area contributed by atoms with Crippen molar-refractivity contribution in [3.8, 4) is 0 Å². The maximum Gasteiger partial charge on any atom is 0.130 e. The molecule has 110 valence electrons. The Hall–Kier alpha value is -1.11. The van der Waals surface area contributed by atoms with Crippen molar-refractivity contribution in [1.29, 1.82) is 0 Å². The number of hydrogen-bond acceptors (Lipinski definition) is 1. The number of aryl methyl sites for hydroxylation is 2. The zero-order valence-electron chi connectivity index (χ0n) is 12.8. The van der Waals surface area contributed by atoms with Gasteiger partial charge in [0, 0.05) is 6.42 Å². The fourth-order valence-corrected chi connectivity index (χ4v) is 2.18. The lowest BCUT2D eigenvalue weighted by atomic mass is 9.98. The molecule has 0 aliphatic carbocycles. The maximum absolute atomic E-state index is 10.3. The highest BCUT2D eigenvalue weighted by Crippen LogP contribution is 2.14. The Balaban J connectivity index is 0. The molecule has 0 N–H and O–H groups in total. The van der Waals surface area contributed by atoms with Gasteiger partial charge in [0.2, 0.25) is 0 Å². The van der Waals surface area contributed by atoms with E-state index >= 15 is 0 Å². The van der Waals surface area contributed by atoms with Crippen LogP contribution in [0.3, 0.4) is 0 Å². The molecule has 0 bridgehead atoms. The van der Waals surface area contributed by atoms with Crippen LogP contribution in [0.1, 0.15) is 65.2 Å². The number of Topliss-reactive ketones (excluding diaryl/α,β-unsaturated/α-hetero) is 1. The molecule has 0 heterocycles. The first-order valence-corrected chi connectivity index (χ1v) is 6.99. The van der Waals surface area contributed by atoms with E-state index in [1.54, 1.807) is 6.92 Å². The van der Waals surface area contributed by atoms with Gasteiger partial charge in [0.05, 0.1) is 0 Å². The quantitative estimate of drug-likeness (QED) is 0.713. The molecule has 0 saturated carbocycles. The number of ketones is 1. The van der Waals surface area contributed by atoms with E-state index in [4.69, 9.17) is 0 Å². The molecule has 0 amide bonds. The van der Waals surface area contributed by atoms with Crippen molar-refractivity contribution >= 4 is 5.78 Å². The predicted octanol–water partition coefficient (Wildman–Crippen LogP) is 5.38. The summed E-state index contributed by atoms with van der Waals surface area (Å²) in [4.78, 5) is 10.3. The first-order chi connectivity index (χ1) is 8.42. The van der Waals surface area contributed by atoms with Gasteiger partial charge in [-0.3, -0.25) is 0 Å². The van der Waals surface area contributed by atoms with E-state index in [1.807, 2.05) is 13.8 Å². The predicted molar refractivity (Wildman–Crippen MR) is 86.8 cm³/mol. The zero-order chi connectivity index (χ0) is 14.1. The van der Waals surface area contributed by atoms with Gasteiger partial charge in [0.15, 0.2) is 0 Å². The van der Waals surface area contributed by atoms with Crippen LogP contribution >= 0.6 is 0 Å². The largest absolute Gasteiger partial charge is 0.300 e. The molecule has 1 heteroatoms. The van der Waals surface area contributed by atoms with Crippen LogP contribution in [0.15, 0.2) is 18.2 Å². The summed E-state index contributed by atoms with van der Waals surface area (Å²) in [7, 11) is 0. The SMILES string of the molecule is C.CC(=O)CC(C)C.CCc1cccc(C)c1CC. The van der Waals surface area contributed by atoms with E-state index < -0.39 is 0 Å². The maximum atomic E-state index is 10.3. The van der Waals surface area contributed by atoms with Crippen LogP contribution in [0, 0.1) is 12.8 Å². The topological polar surface area (TPSA) is 17.1 Å². The normalized spacial score (nSPS) is 9.42. The van der Waals surface area contributed by atoms with E-state index in [0.717, 1.165) is 19.3 Å². The van der Waals surface area contributed by atoms with Crippen LogP contribution in [-0.4, -0.2) is 5.78 Å². The molecule has 1 nitrogen and oxygen atoms in total. The molecule has 0 aliphatic rings. The molecule has 1 rings (SSSR count). The fourth-order valence-electron chi connectivity index (χ4n) is 2.18. The van der Waals surface area contributed by atoms with Crippen LogP contribution in [0.2, 0.25) is 0 Å². The minimum absolute atomic E-state index is 0. The third-order valence-corrected chi connectivity index (χ3v) is 2.94. The molecule has 0 aliphatic heterocycles. The van der Waals surface area contributed by atoms with Crippen molar-refractivity contribution in [2.45, 2.75) is 68.2 Å². The molecule has 0 atom stereocenters. The summed E-state index contributed by atoms with van der Waals surface area (Å²) in [5.74, 6) is 0.813. The number of carbonyl (C=O) groups is 1. The Morgan fingerprint density at radius 3 is 2.00 bits per heavy atom. The van der Waals surface area contributed by atoms with Crippen LogP contribution < -0.4 is 0 Å². The third kappa shape index (κ3) is 8.58. The van der Waals surface area contributed by atoms with Crippen molar-refractivity contribution in [2.24, 2.45) is 5.92 Å². The molecule has 0 unspecified atom stereocenters. The van der Waals surface area contributed by atoms with Gasteiger partial charge in [-0.25, -0.2) is 0 Å². The fraction of sp³-hybridized carbons (Fsp3) is 0.611. The molecule has 0 spiro atoms. The summed E-state index contributed by atoms with van der Waals surface area (Å²) in [5.41, 5.74) is 4.48. The summed E-state index contributed by atoms with van der Waals surface area (Å²) < 4.78 is 0. The van der Waals surface area contributed by atoms with E-state index in [-0.39, 0.29) is 13.2 Å². The number of benzene rings is 1. The molecule has 0 radical (unpaired) electrons. The molecule has 1 aromatic rings. The molecule has 0 fully saturated rings. The van der Waals surface area contributed by atoms with Gasteiger partial charge in [-0.2, -0.15) is 0 Å². The number of hydrogen-bond donors (Lipinski definition) is 0. The molecule has 19 heavy (non-hydrogen) atoms. The average Bonchev–Trinajstić information content (AvgIpc) is 2.27. The van der Waals surface area contributed by atoms with Crippen LogP contribution in [-0.2, 0) is 17.6 Å². The summed E-state index contributed by atoms with van der Waals surface area (Å²) in [6.45, 7) is 12.3. The Morgan fingerprint density at radius 2 is 1.74 bits per heavy atom. The molecule has 0 saturated heterocycles. The van der Waals surface area contributed by atoms with Gasteiger partial charge in [0.25, 0.3) is 0 Å². The summed E-state index contributed by atoms with van der Waals surface area (Å²) in [6.07, 6.45) is 3.04. The smallest absolute Gasteiger partial charge is 0.130 e. The van der Waals surface area contributed by atoms with Crippen molar-refractivity contribution in [1.82, 2.24) is 0 Å². The molecular formula is C18H32O. The van der Waals surface area contributed by atoms with E-state index in [0.29, 0.717) is 5.92 Å². The molecule has 0 aromatic heterocycles. The summed E-state index contributed by atoms with van der Waals surface area (Å²) in [5, 5.41) is 0. The minimum Gasteiger partial charge on any atom is -0.300 e. The highest BCUT2D eigenvalue weighted by molar-refractivity contribution is 5.75. The summed E-state index contributed by atoms with van der Waals surface area (Å²) >= 11 is 0. The number of rotatable bonds is 4. The van der Waals surface area contributed by atoms with E-state index in [1.165, 1.54) is 16.7 Å². The molecular weight excluding hydrogens is 232 g/mol. The second-order valence-corrected chi connectivity index (χ2v) is 5.22. The monoisotopic (exact) mass is 264 g/mol. The van der Waals surface area contributed by atoms with Crippen molar-refractivity contribution < 1.29 is 4.79 Å². The lowest BCUT2D eigenvalue weighted by Gasteiger charge is -2.07. The Morgan fingerprint density at radius 1 is 1.16 bits per heavy atom. The van der Waals surface area contributed by atoms with E-state index in [2.05, 4.69) is 39.0 Å². The van der Waals surface area contributed by atoms with Gasteiger partial charge in [0.1, 0.15) is 5.78 Å². The van der Waals surface area contributed by atoms with Gasteiger partial charge in [-0.1, -0.05) is 53.3 Å². The van der Waals surface area contributed by atoms with Crippen LogP contribution in [0.25, 0.3) is 0 Å². The van der Waals surface area contributed by atoms with Gasteiger partial charge in [-0.15, -0.1) is 0 Å². The minimum atomic E-state index is 0. The van der Waals surface area contributed by atoms with Crippen molar-refractivity contribution in [2.75, 3.05) is 0 Å². The van der Waals surface area contributed by atoms with Gasteiger partial charge in [-0.05, 0) is 49.3 Å². The molecule has 1 aromatic carbocycles. The zero-order valence-corrected chi connectivity index (χ0v) is 12.8. The van der Waals surface area contributed by atoms with E-state index in [9.17, 15) is 4.79 Å². The summed E-state index contributed by atoms with van der Waals surface area (Å²) in [6, 6.07) is 6.57. The highest BCUT2D eigenvalue weighted by Gasteiger charge is 1.99. The van der Waals surface area contributed by atoms with Gasteiger partial charge >= 0.3 is 0 Å². The first-order valence-electron chi connectivity index (χ1n) is 6.99. The van der Waals surface area contributed by atoms with Crippen LogP contribution in [0.5, 0.6) is 0 Å². The average molecular weight is 264 g/mol. The lowest BCUT2D eigenvalue weighted by molar-refractivity contribution is -0.117. The first kappa shape index (κ1) is 20.2. The Bertz CT molecular complexity index is 364.